The number of carboxylic acids is 1. The molecule has 0 amide bonds. The second-order valence-corrected chi connectivity index (χ2v) is 3.53. The van der Waals surface area contributed by atoms with E-state index >= 15 is 0 Å². The Hall–Kier alpha value is -2.17. The van der Waals surface area contributed by atoms with Crippen molar-refractivity contribution in [2.75, 3.05) is 0 Å². The van der Waals surface area contributed by atoms with Crippen molar-refractivity contribution in [1.29, 1.82) is 0 Å². The van der Waals surface area contributed by atoms with E-state index in [0.29, 0.717) is 12.2 Å². The van der Waals surface area contributed by atoms with Crippen molar-refractivity contribution in [3.63, 3.8) is 0 Å². The summed E-state index contributed by atoms with van der Waals surface area (Å²) in [5.41, 5.74) is 0.891. The van der Waals surface area contributed by atoms with E-state index in [0.717, 1.165) is 6.07 Å². The fourth-order valence-electron chi connectivity index (χ4n) is 1.67. The molecule has 0 aliphatic heterocycles. The lowest BCUT2D eigenvalue weighted by atomic mass is 10.1. The zero-order chi connectivity index (χ0) is 12.4. The van der Waals surface area contributed by atoms with E-state index in [4.69, 9.17) is 5.11 Å². The second kappa shape index (κ2) is 4.37. The zero-order valence-corrected chi connectivity index (χ0v) is 9.22. The third-order valence-electron chi connectivity index (χ3n) is 2.51. The molecule has 0 unspecified atom stereocenters. The molecule has 0 fully saturated rings. The summed E-state index contributed by atoms with van der Waals surface area (Å²) in [4.78, 5) is 10.8. The van der Waals surface area contributed by atoms with Crippen molar-refractivity contribution in [3.8, 4) is 11.3 Å². The van der Waals surface area contributed by atoms with Crippen LogP contribution in [0.2, 0.25) is 0 Å². The molecule has 2 rings (SSSR count). The number of nitrogens with zero attached hydrogens (tertiary/aromatic N) is 2. The Morgan fingerprint density at radius 2 is 2.24 bits per heavy atom. The predicted molar refractivity (Wildman–Crippen MR) is 60.3 cm³/mol. The normalized spacial score (nSPS) is 10.5. The first-order valence-corrected chi connectivity index (χ1v) is 5.18. The maximum absolute atomic E-state index is 13.7. The van der Waals surface area contributed by atoms with Gasteiger partial charge < -0.3 is 5.11 Å². The Morgan fingerprint density at radius 1 is 1.47 bits per heavy atom. The second-order valence-electron chi connectivity index (χ2n) is 3.53. The Labute approximate surface area is 97.3 Å². The minimum absolute atomic E-state index is 0.0604. The van der Waals surface area contributed by atoms with E-state index in [1.165, 1.54) is 12.1 Å². The van der Waals surface area contributed by atoms with Crippen molar-refractivity contribution >= 4 is 5.97 Å². The topological polar surface area (TPSA) is 55.1 Å². The van der Waals surface area contributed by atoms with Crippen LogP contribution in [-0.4, -0.2) is 20.9 Å². The highest BCUT2D eigenvalue weighted by Gasteiger charge is 2.13. The first-order chi connectivity index (χ1) is 8.13. The molecule has 0 bridgehead atoms. The number of hydrogen-bond donors (Lipinski definition) is 1. The summed E-state index contributed by atoms with van der Waals surface area (Å²) in [7, 11) is 0. The van der Waals surface area contributed by atoms with E-state index in [2.05, 4.69) is 5.10 Å². The number of hydrogen-bond acceptors (Lipinski definition) is 2. The van der Waals surface area contributed by atoms with Crippen molar-refractivity contribution in [3.05, 3.63) is 41.8 Å². The lowest BCUT2D eigenvalue weighted by molar-refractivity contribution is 0.0697. The molecule has 1 aromatic carbocycles. The molecular formula is C12H11FN2O2. The van der Waals surface area contributed by atoms with Crippen LogP contribution >= 0.6 is 0 Å². The van der Waals surface area contributed by atoms with E-state index < -0.39 is 11.8 Å². The number of rotatable bonds is 3. The summed E-state index contributed by atoms with van der Waals surface area (Å²) < 4.78 is 15.3. The van der Waals surface area contributed by atoms with Gasteiger partial charge in [-0.2, -0.15) is 5.10 Å². The first-order valence-electron chi connectivity index (χ1n) is 5.18. The molecule has 88 valence electrons. The third kappa shape index (κ3) is 2.04. The molecule has 0 spiro atoms. The first kappa shape index (κ1) is 11.3. The Balaban J connectivity index is 2.58. The van der Waals surface area contributed by atoms with Crippen LogP contribution in [0, 0.1) is 5.82 Å². The fourth-order valence-corrected chi connectivity index (χ4v) is 1.67. The van der Waals surface area contributed by atoms with Gasteiger partial charge in [0.2, 0.25) is 0 Å². The summed E-state index contributed by atoms with van der Waals surface area (Å²) in [6.45, 7) is 2.48. The summed E-state index contributed by atoms with van der Waals surface area (Å²) in [6, 6.07) is 5.38. The molecule has 0 aliphatic rings. The monoisotopic (exact) mass is 234 g/mol. The van der Waals surface area contributed by atoms with Crippen molar-refractivity contribution < 1.29 is 14.3 Å². The molecule has 0 radical (unpaired) electrons. The minimum Gasteiger partial charge on any atom is -0.478 e. The van der Waals surface area contributed by atoms with Gasteiger partial charge in [-0.3, -0.25) is 4.68 Å². The quantitative estimate of drug-likeness (QED) is 0.887. The summed E-state index contributed by atoms with van der Waals surface area (Å²) in [5, 5.41) is 12.9. The largest absolute Gasteiger partial charge is 0.478 e. The lowest BCUT2D eigenvalue weighted by Gasteiger charge is -2.07. The summed E-state index contributed by atoms with van der Waals surface area (Å²) in [6.07, 6.45) is 1.56. The predicted octanol–water partition coefficient (Wildman–Crippen LogP) is 2.41. The average Bonchev–Trinajstić information content (AvgIpc) is 2.77. The van der Waals surface area contributed by atoms with Gasteiger partial charge in [-0.15, -0.1) is 0 Å². The number of aromatic nitrogens is 2. The van der Waals surface area contributed by atoms with Crippen molar-refractivity contribution in [2.45, 2.75) is 13.5 Å². The number of aromatic carboxylic acids is 1. The van der Waals surface area contributed by atoms with Crippen LogP contribution in [0.25, 0.3) is 11.3 Å². The van der Waals surface area contributed by atoms with E-state index in [-0.39, 0.29) is 11.1 Å². The standard InChI is InChI=1S/C12H11FN2O2/c1-2-15-11(5-6-14-15)9-7-8(12(16)17)3-4-10(9)13/h3-7H,2H2,1H3,(H,16,17). The molecule has 17 heavy (non-hydrogen) atoms. The van der Waals surface area contributed by atoms with Gasteiger partial charge in [0.05, 0.1) is 11.3 Å². The van der Waals surface area contributed by atoms with Crippen LogP contribution in [0.15, 0.2) is 30.5 Å². The number of benzene rings is 1. The Kier molecular flexibility index (Phi) is 2.91. The highest BCUT2D eigenvalue weighted by atomic mass is 19.1. The summed E-state index contributed by atoms with van der Waals surface area (Å²) in [5.74, 6) is -1.53. The molecular weight excluding hydrogens is 223 g/mol. The van der Waals surface area contributed by atoms with Crippen LogP contribution < -0.4 is 0 Å². The minimum atomic E-state index is -1.08. The molecule has 2 aromatic rings. The fraction of sp³-hybridized carbons (Fsp3) is 0.167. The van der Waals surface area contributed by atoms with Crippen LogP contribution in [0.1, 0.15) is 17.3 Å². The van der Waals surface area contributed by atoms with E-state index in [1.54, 1.807) is 16.9 Å². The van der Waals surface area contributed by atoms with Gasteiger partial charge >= 0.3 is 5.97 Å². The Bertz CT molecular complexity index is 563. The van der Waals surface area contributed by atoms with E-state index in [9.17, 15) is 9.18 Å². The number of halogens is 1. The molecule has 1 N–H and O–H groups in total. The van der Waals surface area contributed by atoms with Gasteiger partial charge in [-0.25, -0.2) is 9.18 Å². The molecule has 4 nitrogen and oxygen atoms in total. The van der Waals surface area contributed by atoms with Gasteiger partial charge in [0, 0.05) is 18.3 Å². The third-order valence-corrected chi connectivity index (χ3v) is 2.51. The maximum atomic E-state index is 13.7. The molecule has 1 aromatic heterocycles. The van der Waals surface area contributed by atoms with E-state index in [1.807, 2.05) is 6.92 Å². The SMILES string of the molecule is CCn1nccc1-c1cc(C(=O)O)ccc1F. The molecule has 0 saturated heterocycles. The average molecular weight is 234 g/mol. The smallest absolute Gasteiger partial charge is 0.335 e. The number of aryl methyl sites for hydroxylation is 1. The van der Waals surface area contributed by atoms with Crippen LogP contribution in [0.5, 0.6) is 0 Å². The molecule has 5 heteroatoms. The molecule has 0 atom stereocenters. The van der Waals surface area contributed by atoms with Gasteiger partial charge in [0.1, 0.15) is 5.82 Å². The molecule has 0 aliphatic carbocycles. The van der Waals surface area contributed by atoms with Crippen molar-refractivity contribution in [1.82, 2.24) is 9.78 Å². The number of carboxylic acid groups (broad SMARTS) is 1. The summed E-state index contributed by atoms with van der Waals surface area (Å²) >= 11 is 0. The molecule has 0 saturated carbocycles. The number of carbonyl (C=O) groups is 1. The van der Waals surface area contributed by atoms with Crippen LogP contribution in [0.4, 0.5) is 4.39 Å². The van der Waals surface area contributed by atoms with Gasteiger partial charge in [-0.1, -0.05) is 0 Å². The molecule has 1 heterocycles. The highest BCUT2D eigenvalue weighted by Crippen LogP contribution is 2.23. The van der Waals surface area contributed by atoms with Crippen molar-refractivity contribution in [2.24, 2.45) is 0 Å². The maximum Gasteiger partial charge on any atom is 0.335 e. The highest BCUT2D eigenvalue weighted by molar-refractivity contribution is 5.89. The van der Waals surface area contributed by atoms with Gasteiger partial charge in [0.25, 0.3) is 0 Å². The lowest BCUT2D eigenvalue weighted by Crippen LogP contribution is -2.02. The van der Waals surface area contributed by atoms with Gasteiger partial charge in [-0.05, 0) is 31.2 Å². The zero-order valence-electron chi connectivity index (χ0n) is 9.22. The van der Waals surface area contributed by atoms with Crippen LogP contribution in [0.3, 0.4) is 0 Å². The van der Waals surface area contributed by atoms with Gasteiger partial charge in [0.15, 0.2) is 0 Å². The van der Waals surface area contributed by atoms with Crippen LogP contribution in [-0.2, 0) is 6.54 Å². The Morgan fingerprint density at radius 3 is 2.88 bits per heavy atom.